The Morgan fingerprint density at radius 1 is 1.55 bits per heavy atom. The van der Waals surface area contributed by atoms with Crippen LogP contribution in [-0.4, -0.2) is 34.5 Å². The fourth-order valence-corrected chi connectivity index (χ4v) is 2.50. The van der Waals surface area contributed by atoms with Gasteiger partial charge in [0, 0.05) is 18.5 Å². The summed E-state index contributed by atoms with van der Waals surface area (Å²) in [7, 11) is 0. The molecule has 1 atom stereocenters. The summed E-state index contributed by atoms with van der Waals surface area (Å²) in [6.07, 6.45) is 2.21. The second kappa shape index (κ2) is 6.37. The molecule has 116 valence electrons. The van der Waals surface area contributed by atoms with E-state index in [2.05, 4.69) is 20.5 Å². The molecule has 6 nitrogen and oxygen atoms in total. The van der Waals surface area contributed by atoms with Crippen molar-refractivity contribution in [1.82, 2.24) is 10.3 Å². The number of hydrogen-bond donors (Lipinski definition) is 3. The molecule has 0 unspecified atom stereocenters. The molecule has 3 N–H and O–H groups in total. The van der Waals surface area contributed by atoms with Crippen molar-refractivity contribution in [2.75, 3.05) is 13.2 Å². The molecule has 1 aliphatic rings. The van der Waals surface area contributed by atoms with Gasteiger partial charge in [-0.15, -0.1) is 10.2 Å². The molecular formula is C14H15FN4O2S. The van der Waals surface area contributed by atoms with Crippen LogP contribution in [0.15, 0.2) is 28.4 Å². The van der Waals surface area contributed by atoms with Crippen molar-refractivity contribution in [1.29, 1.82) is 0 Å². The summed E-state index contributed by atoms with van der Waals surface area (Å²) >= 11 is 5.07. The zero-order chi connectivity index (χ0) is 15.5. The van der Waals surface area contributed by atoms with Gasteiger partial charge in [-0.1, -0.05) is 0 Å². The van der Waals surface area contributed by atoms with Gasteiger partial charge in [-0.05, 0) is 43.3 Å². The molecule has 1 aliphatic heterocycles. The van der Waals surface area contributed by atoms with Crippen molar-refractivity contribution in [2.45, 2.75) is 18.9 Å². The van der Waals surface area contributed by atoms with Crippen LogP contribution >= 0.6 is 12.2 Å². The number of halogens is 1. The minimum Gasteiger partial charge on any atom is -0.493 e. The molecule has 0 aliphatic carbocycles. The number of aromatic amines is 1. The number of nitrogens with one attached hydrogen (secondary N) is 2. The van der Waals surface area contributed by atoms with Crippen molar-refractivity contribution in [3.63, 3.8) is 0 Å². The highest BCUT2D eigenvalue weighted by molar-refractivity contribution is 7.80. The Bertz CT molecular complexity index is 725. The molecule has 2 heterocycles. The smallest absolute Gasteiger partial charge is 0.218 e. The second-order valence-corrected chi connectivity index (χ2v) is 5.42. The number of benzene rings is 1. The van der Waals surface area contributed by atoms with Crippen LogP contribution in [0.3, 0.4) is 0 Å². The first kappa shape index (κ1) is 14.9. The number of azo groups is 1. The van der Waals surface area contributed by atoms with E-state index in [4.69, 9.17) is 17.0 Å². The Balaban J connectivity index is 1.69. The van der Waals surface area contributed by atoms with E-state index >= 15 is 0 Å². The van der Waals surface area contributed by atoms with Gasteiger partial charge >= 0.3 is 0 Å². The Labute approximate surface area is 131 Å². The van der Waals surface area contributed by atoms with Crippen LogP contribution < -0.4 is 5.32 Å². The number of aromatic hydroxyl groups is 1. The summed E-state index contributed by atoms with van der Waals surface area (Å²) in [4.78, 5) is 2.65. The Hall–Kier alpha value is -2.06. The van der Waals surface area contributed by atoms with E-state index in [9.17, 15) is 9.50 Å². The first-order valence-corrected chi connectivity index (χ1v) is 7.35. The van der Waals surface area contributed by atoms with Gasteiger partial charge in [0.25, 0.3) is 0 Å². The zero-order valence-electron chi connectivity index (χ0n) is 11.7. The van der Waals surface area contributed by atoms with Crippen LogP contribution in [0, 0.1) is 5.82 Å². The molecular weight excluding hydrogens is 307 g/mol. The summed E-state index contributed by atoms with van der Waals surface area (Å²) < 4.78 is 18.6. The van der Waals surface area contributed by atoms with E-state index in [1.54, 1.807) is 0 Å². The normalized spacial score (nSPS) is 18.3. The van der Waals surface area contributed by atoms with Gasteiger partial charge in [0.1, 0.15) is 5.82 Å². The van der Waals surface area contributed by atoms with Crippen LogP contribution in [0.5, 0.6) is 5.88 Å². The van der Waals surface area contributed by atoms with Crippen molar-refractivity contribution in [2.24, 2.45) is 10.2 Å². The molecule has 1 aromatic carbocycles. The monoisotopic (exact) mass is 322 g/mol. The lowest BCUT2D eigenvalue weighted by Gasteiger charge is -2.09. The van der Waals surface area contributed by atoms with E-state index in [0.717, 1.165) is 19.4 Å². The number of nitrogens with zero attached hydrogens (tertiary/aromatic N) is 2. The fraction of sp³-hybridized carbons (Fsp3) is 0.357. The lowest BCUT2D eigenvalue weighted by atomic mass is 10.2. The molecule has 0 radical (unpaired) electrons. The highest BCUT2D eigenvalue weighted by atomic mass is 32.1. The molecule has 2 aromatic rings. The maximum absolute atomic E-state index is 13.1. The Kier molecular flexibility index (Phi) is 4.30. The van der Waals surface area contributed by atoms with Gasteiger partial charge in [-0.3, -0.25) is 0 Å². The number of rotatable bonds is 3. The van der Waals surface area contributed by atoms with Crippen LogP contribution in [0.25, 0.3) is 10.9 Å². The van der Waals surface area contributed by atoms with E-state index in [1.165, 1.54) is 18.2 Å². The SMILES string of the molecule is Oc1[nH]c2cc(F)ccc2c1N=NC(=S)NC[C@@H]1CCCO1. The largest absolute Gasteiger partial charge is 0.493 e. The van der Waals surface area contributed by atoms with E-state index in [-0.39, 0.29) is 22.8 Å². The lowest BCUT2D eigenvalue weighted by molar-refractivity contribution is 0.114. The van der Waals surface area contributed by atoms with Gasteiger partial charge in [0.15, 0.2) is 5.69 Å². The van der Waals surface area contributed by atoms with E-state index in [1.807, 2.05) is 0 Å². The maximum atomic E-state index is 13.1. The molecule has 22 heavy (non-hydrogen) atoms. The standard InChI is InChI=1S/C14H15FN4O2S/c15-8-3-4-10-11(6-8)17-13(20)12(10)18-19-14(22)16-7-9-2-1-5-21-9/h3-4,6,9,17,20H,1-2,5,7H2,(H,16,22)/t9-/m0/s1. The quantitative estimate of drug-likeness (QED) is 0.599. The summed E-state index contributed by atoms with van der Waals surface area (Å²) in [5.41, 5.74) is 0.681. The lowest BCUT2D eigenvalue weighted by Crippen LogP contribution is -2.29. The minimum absolute atomic E-state index is 0.151. The third-order valence-electron chi connectivity index (χ3n) is 3.46. The molecule has 0 spiro atoms. The molecule has 3 rings (SSSR count). The minimum atomic E-state index is -0.397. The van der Waals surface area contributed by atoms with Crippen molar-refractivity contribution >= 4 is 33.9 Å². The topological polar surface area (TPSA) is 82.0 Å². The Morgan fingerprint density at radius 2 is 2.41 bits per heavy atom. The first-order chi connectivity index (χ1) is 10.6. The van der Waals surface area contributed by atoms with Crippen LogP contribution in [-0.2, 0) is 4.74 Å². The molecule has 0 saturated carbocycles. The van der Waals surface area contributed by atoms with Gasteiger partial charge in [-0.25, -0.2) is 4.39 Å². The molecule has 8 heteroatoms. The summed E-state index contributed by atoms with van der Waals surface area (Å²) in [6, 6.07) is 4.10. The zero-order valence-corrected chi connectivity index (χ0v) is 12.5. The fourth-order valence-electron chi connectivity index (χ4n) is 2.38. The molecule has 0 bridgehead atoms. The summed E-state index contributed by atoms with van der Waals surface area (Å²) in [6.45, 7) is 1.36. The third kappa shape index (κ3) is 3.23. The van der Waals surface area contributed by atoms with Gasteiger partial charge in [0.05, 0.1) is 11.6 Å². The average Bonchev–Trinajstić information content (AvgIpc) is 3.10. The van der Waals surface area contributed by atoms with Crippen molar-refractivity contribution in [3.05, 3.63) is 24.0 Å². The predicted molar refractivity (Wildman–Crippen MR) is 84.0 cm³/mol. The van der Waals surface area contributed by atoms with Gasteiger partial charge in [-0.2, -0.15) is 0 Å². The van der Waals surface area contributed by atoms with E-state index in [0.29, 0.717) is 17.4 Å². The van der Waals surface area contributed by atoms with Crippen molar-refractivity contribution < 1.29 is 14.2 Å². The van der Waals surface area contributed by atoms with E-state index < -0.39 is 5.82 Å². The molecule has 1 saturated heterocycles. The van der Waals surface area contributed by atoms with Gasteiger partial charge < -0.3 is 20.1 Å². The average molecular weight is 322 g/mol. The number of thiocarbonyl (C=S) groups is 1. The maximum Gasteiger partial charge on any atom is 0.218 e. The number of ether oxygens (including phenoxy) is 1. The Morgan fingerprint density at radius 3 is 3.18 bits per heavy atom. The molecule has 0 amide bonds. The number of hydrogen-bond acceptors (Lipinski definition) is 4. The van der Waals surface area contributed by atoms with Gasteiger partial charge in [0.2, 0.25) is 11.0 Å². The second-order valence-electron chi connectivity index (χ2n) is 5.03. The molecule has 1 fully saturated rings. The summed E-state index contributed by atoms with van der Waals surface area (Å²) in [5.74, 6) is -0.572. The van der Waals surface area contributed by atoms with Crippen LogP contribution in [0.1, 0.15) is 12.8 Å². The van der Waals surface area contributed by atoms with Crippen LogP contribution in [0.4, 0.5) is 10.1 Å². The highest BCUT2D eigenvalue weighted by Crippen LogP contribution is 2.35. The highest BCUT2D eigenvalue weighted by Gasteiger charge is 2.15. The third-order valence-corrected chi connectivity index (χ3v) is 3.69. The van der Waals surface area contributed by atoms with Crippen LogP contribution in [0.2, 0.25) is 0 Å². The number of fused-ring (bicyclic) bond motifs is 1. The molecule has 1 aromatic heterocycles. The number of H-pyrrole nitrogens is 1. The first-order valence-electron chi connectivity index (χ1n) is 6.95. The predicted octanol–water partition coefficient (Wildman–Crippen LogP) is 3.15. The van der Waals surface area contributed by atoms with Crippen molar-refractivity contribution in [3.8, 4) is 5.88 Å². The summed E-state index contributed by atoms with van der Waals surface area (Å²) in [5, 5.41) is 21.4. The number of aromatic nitrogens is 1.